The predicted molar refractivity (Wildman–Crippen MR) is 106 cm³/mol. The van der Waals surface area contributed by atoms with Gasteiger partial charge in [-0.2, -0.15) is 5.06 Å². The monoisotopic (exact) mass is 399 g/mol. The maximum absolute atomic E-state index is 12.8. The van der Waals surface area contributed by atoms with E-state index in [1.54, 1.807) is 75.4 Å². The van der Waals surface area contributed by atoms with Crippen LogP contribution in [0.2, 0.25) is 0 Å². The van der Waals surface area contributed by atoms with Gasteiger partial charge in [0.15, 0.2) is 18.4 Å². The van der Waals surface area contributed by atoms with E-state index in [4.69, 9.17) is 9.57 Å². The molecule has 0 aliphatic heterocycles. The third-order valence-electron chi connectivity index (χ3n) is 3.83. The van der Waals surface area contributed by atoms with Crippen molar-refractivity contribution in [3.63, 3.8) is 0 Å². The molecule has 0 unspecified atom stereocenters. The van der Waals surface area contributed by atoms with Crippen LogP contribution in [0.3, 0.4) is 0 Å². The molecule has 0 fully saturated rings. The van der Waals surface area contributed by atoms with Crippen LogP contribution in [0.1, 0.15) is 36.7 Å². The van der Waals surface area contributed by atoms with Crippen LogP contribution in [0.4, 0.5) is 4.79 Å². The number of rotatable bonds is 8. The molecule has 1 N–H and O–H groups in total. The zero-order valence-corrected chi connectivity index (χ0v) is 16.7. The maximum Gasteiger partial charge on any atom is 0.432 e. The number of hydrogen-bond acceptors (Lipinski definition) is 5. The topological polar surface area (TPSA) is 93.1 Å². The van der Waals surface area contributed by atoms with Crippen LogP contribution in [-0.4, -0.2) is 46.3 Å². The quantitative estimate of drug-likeness (QED) is 0.413. The molecule has 2 aromatic carbocycles. The van der Waals surface area contributed by atoms with Gasteiger partial charge in [-0.1, -0.05) is 60.7 Å². The first kappa shape index (κ1) is 22.1. The fraction of sp³-hybridized carbons (Fsp3) is 0.318. The molecule has 0 spiro atoms. The van der Waals surface area contributed by atoms with Crippen molar-refractivity contribution < 1.29 is 29.1 Å². The highest BCUT2D eigenvalue weighted by Gasteiger charge is 2.36. The first-order chi connectivity index (χ1) is 13.7. The number of esters is 1. The molecular formula is C22H25NO6. The summed E-state index contributed by atoms with van der Waals surface area (Å²) >= 11 is 0. The molecule has 2 rings (SSSR count). The minimum Gasteiger partial charge on any atom is -0.463 e. The Bertz CT molecular complexity index is 829. The number of Topliss-reactive ketones (excluding diaryl/α,β-unsaturated/α-hetero) is 1. The summed E-state index contributed by atoms with van der Waals surface area (Å²) in [6, 6.07) is 16.1. The standard InChI is InChI=1S/C22H25NO6/c1-22(2,3)29-23(21(26)27)18(14-16-10-6-4-7-11-16)20(25)28-15-19(24)17-12-8-5-9-13-17/h4-13,18H,14-15H2,1-3H3,(H,26,27)/t18-/m0/s1. The summed E-state index contributed by atoms with van der Waals surface area (Å²) in [5.74, 6) is -1.24. The summed E-state index contributed by atoms with van der Waals surface area (Å²) in [4.78, 5) is 42.3. The van der Waals surface area contributed by atoms with Crippen molar-refractivity contribution in [3.05, 3.63) is 71.8 Å². The second kappa shape index (κ2) is 9.84. The molecule has 0 saturated heterocycles. The van der Waals surface area contributed by atoms with Crippen molar-refractivity contribution in [3.8, 4) is 0 Å². The van der Waals surface area contributed by atoms with Gasteiger partial charge in [-0.3, -0.25) is 9.63 Å². The van der Waals surface area contributed by atoms with Gasteiger partial charge < -0.3 is 9.84 Å². The van der Waals surface area contributed by atoms with Crippen LogP contribution in [0.15, 0.2) is 60.7 Å². The largest absolute Gasteiger partial charge is 0.463 e. The summed E-state index contributed by atoms with van der Waals surface area (Å²) in [7, 11) is 0. The summed E-state index contributed by atoms with van der Waals surface area (Å²) < 4.78 is 5.16. The Labute approximate surface area is 169 Å². The van der Waals surface area contributed by atoms with Crippen LogP contribution in [0, 0.1) is 0 Å². The molecule has 29 heavy (non-hydrogen) atoms. The van der Waals surface area contributed by atoms with Crippen molar-refractivity contribution in [2.45, 2.75) is 38.8 Å². The molecule has 0 saturated carbocycles. The Morgan fingerprint density at radius 3 is 2.03 bits per heavy atom. The minimum absolute atomic E-state index is 0.0432. The predicted octanol–water partition coefficient (Wildman–Crippen LogP) is 3.73. The van der Waals surface area contributed by atoms with Gasteiger partial charge in [0.25, 0.3) is 0 Å². The number of amides is 1. The molecule has 1 atom stereocenters. The van der Waals surface area contributed by atoms with Gasteiger partial charge in [0.05, 0.1) is 5.60 Å². The summed E-state index contributed by atoms with van der Waals surface area (Å²) in [5.41, 5.74) is 0.279. The number of ether oxygens (including phenoxy) is 1. The average molecular weight is 399 g/mol. The zero-order valence-electron chi connectivity index (χ0n) is 16.7. The first-order valence-corrected chi connectivity index (χ1v) is 9.17. The molecule has 154 valence electrons. The first-order valence-electron chi connectivity index (χ1n) is 9.17. The molecule has 0 aliphatic rings. The fourth-order valence-electron chi connectivity index (χ4n) is 2.57. The molecule has 7 heteroatoms. The molecule has 0 aliphatic carbocycles. The second-order valence-electron chi connectivity index (χ2n) is 7.41. The van der Waals surface area contributed by atoms with Crippen molar-refractivity contribution in [1.82, 2.24) is 5.06 Å². The van der Waals surface area contributed by atoms with E-state index in [0.717, 1.165) is 5.56 Å². The molecule has 7 nitrogen and oxygen atoms in total. The number of hydroxylamine groups is 2. The lowest BCUT2D eigenvalue weighted by Crippen LogP contribution is -2.50. The van der Waals surface area contributed by atoms with E-state index in [0.29, 0.717) is 10.6 Å². The van der Waals surface area contributed by atoms with Crippen LogP contribution < -0.4 is 0 Å². The van der Waals surface area contributed by atoms with Crippen LogP contribution >= 0.6 is 0 Å². The minimum atomic E-state index is -1.42. The fourth-order valence-corrected chi connectivity index (χ4v) is 2.57. The van der Waals surface area contributed by atoms with E-state index in [9.17, 15) is 19.5 Å². The van der Waals surface area contributed by atoms with Crippen LogP contribution in [0.25, 0.3) is 0 Å². The molecule has 0 heterocycles. The number of benzene rings is 2. The summed E-state index contributed by atoms with van der Waals surface area (Å²) in [5, 5.41) is 10.2. The zero-order chi connectivity index (χ0) is 21.4. The third-order valence-corrected chi connectivity index (χ3v) is 3.83. The molecule has 1 amide bonds. The molecule has 0 aromatic heterocycles. The summed E-state index contributed by atoms with van der Waals surface area (Å²) in [6.45, 7) is 4.53. The molecular weight excluding hydrogens is 374 g/mol. The van der Waals surface area contributed by atoms with Crippen molar-refractivity contribution >= 4 is 17.8 Å². The lowest BCUT2D eigenvalue weighted by Gasteiger charge is -2.32. The van der Waals surface area contributed by atoms with Gasteiger partial charge in [0.1, 0.15) is 0 Å². The Morgan fingerprint density at radius 2 is 1.52 bits per heavy atom. The lowest BCUT2D eigenvalue weighted by atomic mass is 10.1. The lowest BCUT2D eigenvalue weighted by molar-refractivity contribution is -0.227. The number of carboxylic acid groups (broad SMARTS) is 1. The van der Waals surface area contributed by atoms with E-state index >= 15 is 0 Å². The smallest absolute Gasteiger partial charge is 0.432 e. The van der Waals surface area contributed by atoms with Crippen LogP contribution in [0.5, 0.6) is 0 Å². The highest BCUT2D eigenvalue weighted by atomic mass is 16.7. The van der Waals surface area contributed by atoms with Gasteiger partial charge in [-0.15, -0.1) is 0 Å². The third kappa shape index (κ3) is 7.04. The van der Waals surface area contributed by atoms with Crippen LogP contribution in [-0.2, 0) is 20.8 Å². The number of hydrogen-bond donors (Lipinski definition) is 1. The Morgan fingerprint density at radius 1 is 0.966 bits per heavy atom. The second-order valence-corrected chi connectivity index (χ2v) is 7.41. The van der Waals surface area contributed by atoms with Gasteiger partial charge >= 0.3 is 12.1 Å². The Hall–Kier alpha value is -3.19. The van der Waals surface area contributed by atoms with Crippen molar-refractivity contribution in [2.24, 2.45) is 0 Å². The van der Waals surface area contributed by atoms with Gasteiger partial charge in [-0.25, -0.2) is 9.59 Å². The Kier molecular flexibility index (Phi) is 7.50. The summed E-state index contributed by atoms with van der Waals surface area (Å²) in [6.07, 6.45) is -1.38. The van der Waals surface area contributed by atoms with E-state index in [1.165, 1.54) is 0 Å². The van der Waals surface area contributed by atoms with E-state index in [-0.39, 0.29) is 12.2 Å². The molecule has 0 radical (unpaired) electrons. The number of ketones is 1. The SMILES string of the molecule is CC(C)(C)ON(C(=O)O)[C@@H](Cc1ccccc1)C(=O)OCC(=O)c1ccccc1. The highest BCUT2D eigenvalue weighted by molar-refractivity contribution is 5.98. The normalized spacial score (nSPS) is 12.1. The van der Waals surface area contributed by atoms with E-state index in [1.807, 2.05) is 6.07 Å². The molecule has 2 aromatic rings. The highest BCUT2D eigenvalue weighted by Crippen LogP contribution is 2.18. The average Bonchev–Trinajstić information content (AvgIpc) is 2.69. The number of nitrogens with zero attached hydrogens (tertiary/aromatic N) is 1. The maximum atomic E-state index is 12.8. The van der Waals surface area contributed by atoms with Crippen molar-refractivity contribution in [1.29, 1.82) is 0 Å². The van der Waals surface area contributed by atoms with Gasteiger partial charge in [0.2, 0.25) is 0 Å². The van der Waals surface area contributed by atoms with Gasteiger partial charge in [-0.05, 0) is 26.3 Å². The van der Waals surface area contributed by atoms with Gasteiger partial charge in [0, 0.05) is 12.0 Å². The van der Waals surface area contributed by atoms with E-state index in [2.05, 4.69) is 0 Å². The number of carbonyl (C=O) groups excluding carboxylic acids is 2. The number of carbonyl (C=O) groups is 3. The molecule has 0 bridgehead atoms. The Balaban J connectivity index is 2.19. The van der Waals surface area contributed by atoms with Crippen molar-refractivity contribution in [2.75, 3.05) is 6.61 Å². The van der Waals surface area contributed by atoms with E-state index < -0.39 is 30.3 Å².